The minimum atomic E-state index is -0.106. The van der Waals surface area contributed by atoms with Gasteiger partial charge in [-0.1, -0.05) is 37.3 Å². The quantitative estimate of drug-likeness (QED) is 0.434. The highest BCUT2D eigenvalue weighted by Gasteiger charge is 2.22. The number of anilines is 1. The van der Waals surface area contributed by atoms with Gasteiger partial charge in [0.15, 0.2) is 0 Å². The van der Waals surface area contributed by atoms with Gasteiger partial charge >= 0.3 is 0 Å². The van der Waals surface area contributed by atoms with E-state index in [4.69, 9.17) is 4.74 Å². The lowest BCUT2D eigenvalue weighted by atomic mass is 10.1. The molecule has 0 aliphatic rings. The first-order valence-corrected chi connectivity index (χ1v) is 10.6. The van der Waals surface area contributed by atoms with Crippen molar-refractivity contribution in [3.05, 3.63) is 65.9 Å². The van der Waals surface area contributed by atoms with Crippen molar-refractivity contribution < 1.29 is 9.53 Å². The number of para-hydroxylation sites is 1. The molecule has 0 aliphatic carbocycles. The standard InChI is InChI=1S/C25H29N3O2/c1-5-18-10-12-19(13-11-18)26-25(29)23-16-22-24(27(23)14-15-30-4)20-8-6-7-9-21(20)28(22)17(2)3/h6-13,16-17H,5,14-15H2,1-4H3,(H,26,29). The van der Waals surface area contributed by atoms with Crippen molar-refractivity contribution in [2.24, 2.45) is 0 Å². The number of nitrogens with zero attached hydrogens (tertiary/aromatic N) is 2. The Bertz CT molecular complexity index is 1180. The highest BCUT2D eigenvalue weighted by Crippen LogP contribution is 2.34. The van der Waals surface area contributed by atoms with Gasteiger partial charge in [-0.25, -0.2) is 0 Å². The minimum absolute atomic E-state index is 0.106. The number of carbonyl (C=O) groups excluding carboxylic acids is 1. The van der Waals surface area contributed by atoms with Crippen molar-refractivity contribution in [2.45, 2.75) is 39.8 Å². The van der Waals surface area contributed by atoms with Crippen molar-refractivity contribution in [1.82, 2.24) is 9.13 Å². The minimum Gasteiger partial charge on any atom is -0.383 e. The maximum atomic E-state index is 13.3. The van der Waals surface area contributed by atoms with Crippen LogP contribution in [-0.2, 0) is 17.7 Å². The number of nitrogens with one attached hydrogen (secondary N) is 1. The molecular formula is C25H29N3O2. The van der Waals surface area contributed by atoms with E-state index in [0.29, 0.717) is 18.8 Å². The number of aryl methyl sites for hydroxylation is 1. The van der Waals surface area contributed by atoms with Gasteiger partial charge in [-0.3, -0.25) is 4.79 Å². The van der Waals surface area contributed by atoms with Crippen LogP contribution in [0.5, 0.6) is 0 Å². The summed E-state index contributed by atoms with van der Waals surface area (Å²) in [6.07, 6.45) is 0.977. The van der Waals surface area contributed by atoms with E-state index in [1.54, 1.807) is 7.11 Å². The fourth-order valence-corrected chi connectivity index (χ4v) is 4.19. The summed E-state index contributed by atoms with van der Waals surface area (Å²) in [4.78, 5) is 13.3. The Balaban J connectivity index is 1.83. The third-order valence-corrected chi connectivity index (χ3v) is 5.64. The van der Waals surface area contributed by atoms with Gasteiger partial charge in [-0.15, -0.1) is 0 Å². The van der Waals surface area contributed by atoms with Gasteiger partial charge in [0.2, 0.25) is 0 Å². The van der Waals surface area contributed by atoms with E-state index in [1.807, 2.05) is 18.2 Å². The molecule has 4 rings (SSSR count). The van der Waals surface area contributed by atoms with E-state index in [2.05, 4.69) is 71.6 Å². The zero-order valence-electron chi connectivity index (χ0n) is 18.1. The number of fused-ring (bicyclic) bond motifs is 3. The van der Waals surface area contributed by atoms with E-state index in [9.17, 15) is 4.79 Å². The molecule has 0 saturated heterocycles. The van der Waals surface area contributed by atoms with E-state index in [1.165, 1.54) is 11.1 Å². The van der Waals surface area contributed by atoms with Crippen molar-refractivity contribution in [3.8, 4) is 0 Å². The van der Waals surface area contributed by atoms with Gasteiger partial charge in [0.25, 0.3) is 5.91 Å². The molecule has 1 amide bonds. The summed E-state index contributed by atoms with van der Waals surface area (Å²) in [5, 5.41) is 4.22. The number of hydrogen-bond donors (Lipinski definition) is 1. The second kappa shape index (κ2) is 8.36. The number of methoxy groups -OCH3 is 1. The Labute approximate surface area is 177 Å². The number of benzene rings is 2. The second-order valence-electron chi connectivity index (χ2n) is 7.89. The van der Waals surface area contributed by atoms with E-state index in [-0.39, 0.29) is 11.9 Å². The number of ether oxygens (including phenoxy) is 1. The Kier molecular flexibility index (Phi) is 5.64. The number of aromatic nitrogens is 2. The molecule has 30 heavy (non-hydrogen) atoms. The zero-order valence-corrected chi connectivity index (χ0v) is 18.1. The van der Waals surface area contributed by atoms with Crippen LogP contribution < -0.4 is 5.32 Å². The third kappa shape index (κ3) is 3.50. The first-order chi connectivity index (χ1) is 14.5. The lowest BCUT2D eigenvalue weighted by Gasteiger charge is -2.12. The molecular weight excluding hydrogens is 374 g/mol. The summed E-state index contributed by atoms with van der Waals surface area (Å²) >= 11 is 0. The van der Waals surface area contributed by atoms with Crippen LogP contribution in [0.15, 0.2) is 54.6 Å². The second-order valence-corrected chi connectivity index (χ2v) is 7.89. The van der Waals surface area contributed by atoms with Crippen LogP contribution in [0.1, 0.15) is 42.9 Å². The van der Waals surface area contributed by atoms with Crippen molar-refractivity contribution in [2.75, 3.05) is 19.0 Å². The summed E-state index contributed by atoms with van der Waals surface area (Å²) < 4.78 is 9.75. The molecule has 5 nitrogen and oxygen atoms in total. The fraction of sp³-hybridized carbons (Fsp3) is 0.320. The molecule has 0 saturated carbocycles. The maximum absolute atomic E-state index is 13.3. The molecule has 2 aromatic carbocycles. The molecule has 0 fully saturated rings. The van der Waals surface area contributed by atoms with Crippen LogP contribution in [0.25, 0.3) is 21.9 Å². The summed E-state index contributed by atoms with van der Waals surface area (Å²) in [5.74, 6) is -0.106. The molecule has 4 aromatic rings. The first-order valence-electron chi connectivity index (χ1n) is 10.6. The predicted molar refractivity (Wildman–Crippen MR) is 123 cm³/mol. The van der Waals surface area contributed by atoms with Crippen LogP contribution in [0.3, 0.4) is 0 Å². The lowest BCUT2D eigenvalue weighted by molar-refractivity contribution is 0.101. The third-order valence-electron chi connectivity index (χ3n) is 5.64. The van der Waals surface area contributed by atoms with E-state index < -0.39 is 0 Å². The fourth-order valence-electron chi connectivity index (χ4n) is 4.19. The number of amides is 1. The molecule has 0 atom stereocenters. The topological polar surface area (TPSA) is 48.2 Å². The summed E-state index contributed by atoms with van der Waals surface area (Å²) in [5.41, 5.74) is 6.05. The van der Waals surface area contributed by atoms with Crippen LogP contribution in [-0.4, -0.2) is 28.8 Å². The van der Waals surface area contributed by atoms with E-state index >= 15 is 0 Å². The number of carbonyl (C=O) groups is 1. The largest absolute Gasteiger partial charge is 0.383 e. The van der Waals surface area contributed by atoms with Crippen LogP contribution >= 0.6 is 0 Å². The number of rotatable bonds is 7. The maximum Gasteiger partial charge on any atom is 0.272 e. The van der Waals surface area contributed by atoms with Crippen molar-refractivity contribution in [3.63, 3.8) is 0 Å². The summed E-state index contributed by atoms with van der Waals surface area (Å²) in [6, 6.07) is 18.7. The monoisotopic (exact) mass is 403 g/mol. The number of hydrogen-bond acceptors (Lipinski definition) is 2. The Morgan fingerprint density at radius 2 is 1.80 bits per heavy atom. The molecule has 2 heterocycles. The molecule has 0 radical (unpaired) electrons. The Morgan fingerprint density at radius 1 is 1.07 bits per heavy atom. The van der Waals surface area contributed by atoms with E-state index in [0.717, 1.165) is 28.5 Å². The van der Waals surface area contributed by atoms with Gasteiger partial charge in [0.1, 0.15) is 5.69 Å². The van der Waals surface area contributed by atoms with Gasteiger partial charge in [0, 0.05) is 30.8 Å². The first kappa shape index (κ1) is 20.2. The molecule has 0 bridgehead atoms. The van der Waals surface area contributed by atoms with Crippen LogP contribution in [0.4, 0.5) is 5.69 Å². The van der Waals surface area contributed by atoms with Gasteiger partial charge in [-0.2, -0.15) is 0 Å². The molecule has 0 spiro atoms. The molecule has 0 aliphatic heterocycles. The Hall–Kier alpha value is -3.05. The Morgan fingerprint density at radius 3 is 2.47 bits per heavy atom. The van der Waals surface area contributed by atoms with Crippen molar-refractivity contribution in [1.29, 1.82) is 0 Å². The van der Waals surface area contributed by atoms with Gasteiger partial charge < -0.3 is 19.2 Å². The normalized spacial score (nSPS) is 11.6. The van der Waals surface area contributed by atoms with Crippen molar-refractivity contribution >= 4 is 33.5 Å². The summed E-state index contributed by atoms with van der Waals surface area (Å²) in [6.45, 7) is 7.62. The predicted octanol–water partition coefficient (Wildman–Crippen LogP) is 5.64. The average molecular weight is 404 g/mol. The molecule has 1 N–H and O–H groups in total. The van der Waals surface area contributed by atoms with Gasteiger partial charge in [-0.05, 0) is 50.1 Å². The highest BCUT2D eigenvalue weighted by atomic mass is 16.5. The summed E-state index contributed by atoms with van der Waals surface area (Å²) in [7, 11) is 1.69. The van der Waals surface area contributed by atoms with Crippen LogP contribution in [0, 0.1) is 0 Å². The smallest absolute Gasteiger partial charge is 0.272 e. The SMILES string of the molecule is CCc1ccc(NC(=O)c2cc3c(c4ccccc4n3C(C)C)n2CCOC)cc1. The zero-order chi connectivity index (χ0) is 21.3. The van der Waals surface area contributed by atoms with Gasteiger partial charge in [0.05, 0.1) is 23.2 Å². The molecule has 2 aromatic heterocycles. The highest BCUT2D eigenvalue weighted by molar-refractivity contribution is 6.12. The molecule has 0 unspecified atom stereocenters. The molecule has 5 heteroatoms. The lowest BCUT2D eigenvalue weighted by Crippen LogP contribution is -2.18. The average Bonchev–Trinajstić information content (AvgIpc) is 3.27. The van der Waals surface area contributed by atoms with Crippen LogP contribution in [0.2, 0.25) is 0 Å². The molecule has 156 valence electrons.